The van der Waals surface area contributed by atoms with Gasteiger partial charge in [-0.05, 0) is 78.3 Å². The molecule has 0 aromatic carbocycles. The minimum atomic E-state index is 0.0106. The second-order valence-corrected chi connectivity index (χ2v) is 7.26. The van der Waals surface area contributed by atoms with Crippen molar-refractivity contribution >= 4 is 0 Å². The average molecular weight is 297 g/mol. The Balaban J connectivity index is 1.78. The second-order valence-electron chi connectivity index (χ2n) is 7.26. The van der Waals surface area contributed by atoms with Crippen LogP contribution < -0.4 is 5.32 Å². The molecule has 1 saturated heterocycles. The molecule has 0 aromatic rings. The zero-order chi connectivity index (χ0) is 15.3. The summed E-state index contributed by atoms with van der Waals surface area (Å²) in [6.07, 6.45) is 7.53. The summed E-state index contributed by atoms with van der Waals surface area (Å²) in [5.41, 5.74) is 0.0106. The molecule has 4 nitrogen and oxygen atoms in total. The SMILES string of the molecule is CCNC1(CO)CCCC1CCN1CCC(N(C)C)CC1. The third-order valence-electron chi connectivity index (χ3n) is 5.85. The largest absolute Gasteiger partial charge is 0.394 e. The van der Waals surface area contributed by atoms with Crippen LogP contribution in [0, 0.1) is 5.92 Å². The molecule has 2 rings (SSSR count). The molecule has 124 valence electrons. The lowest BCUT2D eigenvalue weighted by Crippen LogP contribution is -2.52. The maximum Gasteiger partial charge on any atom is 0.0616 e. The van der Waals surface area contributed by atoms with Gasteiger partial charge in [0.15, 0.2) is 0 Å². The Bertz CT molecular complexity index is 302. The van der Waals surface area contributed by atoms with E-state index >= 15 is 0 Å². The predicted molar refractivity (Wildman–Crippen MR) is 88.6 cm³/mol. The summed E-state index contributed by atoms with van der Waals surface area (Å²) in [4.78, 5) is 5.00. The van der Waals surface area contributed by atoms with Crippen molar-refractivity contribution < 1.29 is 5.11 Å². The third kappa shape index (κ3) is 4.19. The number of likely N-dealkylation sites (N-methyl/N-ethyl adjacent to an activating group) is 1. The molecule has 0 bridgehead atoms. The average Bonchev–Trinajstić information content (AvgIpc) is 2.89. The standard InChI is InChI=1S/C17H35N3O/c1-4-18-17(14-21)10-5-6-15(17)7-11-20-12-8-16(9-13-20)19(2)3/h15-16,18,21H,4-14H2,1-3H3. The Morgan fingerprint density at radius 2 is 1.95 bits per heavy atom. The first-order chi connectivity index (χ1) is 10.1. The maximum atomic E-state index is 9.87. The summed E-state index contributed by atoms with van der Waals surface area (Å²) in [6.45, 7) is 7.10. The van der Waals surface area contributed by atoms with Crippen molar-refractivity contribution in [2.45, 2.75) is 57.0 Å². The molecule has 1 saturated carbocycles. The Morgan fingerprint density at radius 1 is 1.24 bits per heavy atom. The van der Waals surface area contributed by atoms with Crippen LogP contribution in [0.3, 0.4) is 0 Å². The molecule has 0 radical (unpaired) electrons. The van der Waals surface area contributed by atoms with Crippen LogP contribution in [0.5, 0.6) is 0 Å². The Morgan fingerprint density at radius 3 is 2.52 bits per heavy atom. The van der Waals surface area contributed by atoms with Crippen LogP contribution in [0.2, 0.25) is 0 Å². The van der Waals surface area contributed by atoms with Crippen LogP contribution in [0.4, 0.5) is 0 Å². The zero-order valence-electron chi connectivity index (χ0n) is 14.3. The summed E-state index contributed by atoms with van der Waals surface area (Å²) in [6, 6.07) is 0.769. The highest BCUT2D eigenvalue weighted by Gasteiger charge is 2.41. The van der Waals surface area contributed by atoms with Crippen molar-refractivity contribution in [1.29, 1.82) is 0 Å². The summed E-state index contributed by atoms with van der Waals surface area (Å²) >= 11 is 0. The zero-order valence-corrected chi connectivity index (χ0v) is 14.3. The van der Waals surface area contributed by atoms with Crippen molar-refractivity contribution in [1.82, 2.24) is 15.1 Å². The van der Waals surface area contributed by atoms with E-state index in [1.54, 1.807) is 0 Å². The number of nitrogens with one attached hydrogen (secondary N) is 1. The fourth-order valence-corrected chi connectivity index (χ4v) is 4.41. The van der Waals surface area contributed by atoms with Crippen molar-refractivity contribution in [3.8, 4) is 0 Å². The van der Waals surface area contributed by atoms with E-state index in [1.165, 1.54) is 51.7 Å². The fraction of sp³-hybridized carbons (Fsp3) is 1.00. The highest BCUT2D eigenvalue weighted by Crippen LogP contribution is 2.37. The van der Waals surface area contributed by atoms with Gasteiger partial charge < -0.3 is 20.2 Å². The third-order valence-corrected chi connectivity index (χ3v) is 5.85. The van der Waals surface area contributed by atoms with Crippen LogP contribution in [-0.2, 0) is 0 Å². The van der Waals surface area contributed by atoms with Crippen LogP contribution >= 0.6 is 0 Å². The molecule has 2 atom stereocenters. The van der Waals surface area contributed by atoms with Crippen molar-refractivity contribution in [3.05, 3.63) is 0 Å². The van der Waals surface area contributed by atoms with E-state index in [9.17, 15) is 5.11 Å². The number of piperidine rings is 1. The minimum Gasteiger partial charge on any atom is -0.394 e. The molecule has 4 heteroatoms. The first-order valence-corrected chi connectivity index (χ1v) is 8.86. The molecule has 1 aliphatic carbocycles. The molecule has 2 N–H and O–H groups in total. The summed E-state index contributed by atoms with van der Waals surface area (Å²) in [7, 11) is 4.40. The van der Waals surface area contributed by atoms with Crippen LogP contribution in [0.1, 0.15) is 45.4 Å². The van der Waals surface area contributed by atoms with Gasteiger partial charge in [-0.15, -0.1) is 0 Å². The first kappa shape index (κ1) is 17.2. The highest BCUT2D eigenvalue weighted by atomic mass is 16.3. The quantitative estimate of drug-likeness (QED) is 0.748. The number of hydrogen-bond donors (Lipinski definition) is 2. The number of rotatable bonds is 7. The van der Waals surface area contributed by atoms with E-state index in [2.05, 4.69) is 36.1 Å². The topological polar surface area (TPSA) is 38.7 Å². The minimum absolute atomic E-state index is 0.0106. The van der Waals surface area contributed by atoms with Crippen molar-refractivity contribution in [3.63, 3.8) is 0 Å². The first-order valence-electron chi connectivity index (χ1n) is 8.86. The van der Waals surface area contributed by atoms with Gasteiger partial charge in [0.05, 0.1) is 6.61 Å². The van der Waals surface area contributed by atoms with Crippen LogP contribution in [0.25, 0.3) is 0 Å². The summed E-state index contributed by atoms with van der Waals surface area (Å²) in [5, 5.41) is 13.5. The van der Waals surface area contributed by atoms with Gasteiger partial charge in [-0.25, -0.2) is 0 Å². The van der Waals surface area contributed by atoms with E-state index in [0.717, 1.165) is 19.0 Å². The molecule has 21 heavy (non-hydrogen) atoms. The lowest BCUT2D eigenvalue weighted by molar-refractivity contribution is 0.100. The van der Waals surface area contributed by atoms with Gasteiger partial charge in [0.1, 0.15) is 0 Å². The van der Waals surface area contributed by atoms with Gasteiger partial charge in [-0.2, -0.15) is 0 Å². The van der Waals surface area contributed by atoms with Gasteiger partial charge in [-0.1, -0.05) is 13.3 Å². The number of likely N-dealkylation sites (tertiary alicyclic amines) is 1. The highest BCUT2D eigenvalue weighted by molar-refractivity contribution is 4.99. The number of aliphatic hydroxyl groups excluding tert-OH is 1. The number of aliphatic hydroxyl groups is 1. The van der Waals surface area contributed by atoms with E-state index in [-0.39, 0.29) is 5.54 Å². The van der Waals surface area contributed by atoms with Crippen molar-refractivity contribution in [2.75, 3.05) is 46.9 Å². The Labute approximate surface area is 130 Å². The molecule has 2 fully saturated rings. The number of nitrogens with zero attached hydrogens (tertiary/aromatic N) is 2. The lowest BCUT2D eigenvalue weighted by Gasteiger charge is -2.38. The van der Waals surface area contributed by atoms with Crippen LogP contribution in [0.15, 0.2) is 0 Å². The van der Waals surface area contributed by atoms with Gasteiger partial charge >= 0.3 is 0 Å². The molecular formula is C17H35N3O. The van der Waals surface area contributed by atoms with Crippen molar-refractivity contribution in [2.24, 2.45) is 5.92 Å². The molecule has 2 unspecified atom stereocenters. The molecule has 1 heterocycles. The Hall–Kier alpha value is -0.160. The molecule has 0 aromatic heterocycles. The summed E-state index contributed by atoms with van der Waals surface area (Å²) in [5.74, 6) is 0.647. The maximum absolute atomic E-state index is 9.87. The molecular weight excluding hydrogens is 262 g/mol. The van der Waals surface area contributed by atoms with E-state index in [0.29, 0.717) is 12.5 Å². The van der Waals surface area contributed by atoms with Gasteiger partial charge in [0.25, 0.3) is 0 Å². The smallest absolute Gasteiger partial charge is 0.0616 e. The molecule has 2 aliphatic rings. The second kappa shape index (κ2) is 7.91. The van der Waals surface area contributed by atoms with E-state index in [1.807, 2.05) is 0 Å². The molecule has 0 amide bonds. The Kier molecular flexibility index (Phi) is 6.48. The van der Waals surface area contributed by atoms with Gasteiger partial charge in [0, 0.05) is 11.6 Å². The number of hydrogen-bond acceptors (Lipinski definition) is 4. The van der Waals surface area contributed by atoms with Gasteiger partial charge in [-0.3, -0.25) is 0 Å². The normalized spacial score (nSPS) is 32.1. The molecule has 0 spiro atoms. The predicted octanol–water partition coefficient (Wildman–Crippen LogP) is 1.54. The molecule has 1 aliphatic heterocycles. The summed E-state index contributed by atoms with van der Waals surface area (Å²) < 4.78 is 0. The van der Waals surface area contributed by atoms with E-state index in [4.69, 9.17) is 0 Å². The fourth-order valence-electron chi connectivity index (χ4n) is 4.41. The lowest BCUT2D eigenvalue weighted by atomic mass is 9.85. The van der Waals surface area contributed by atoms with Gasteiger partial charge in [0.2, 0.25) is 0 Å². The van der Waals surface area contributed by atoms with Crippen LogP contribution in [-0.4, -0.2) is 73.4 Å². The van der Waals surface area contributed by atoms with E-state index < -0.39 is 0 Å². The monoisotopic (exact) mass is 297 g/mol.